The second-order valence-electron chi connectivity index (χ2n) is 6.01. The smallest absolute Gasteiger partial charge is 0.196 e. The quantitative estimate of drug-likeness (QED) is 0.624. The summed E-state index contributed by atoms with van der Waals surface area (Å²) in [5, 5.41) is 39.3. The van der Waals surface area contributed by atoms with Crippen LogP contribution in [0.3, 0.4) is 0 Å². The van der Waals surface area contributed by atoms with Gasteiger partial charge in [0.15, 0.2) is 11.6 Å². The number of Topliss-reactive ketones (excluding diaryl/α,β-unsaturated/α-hetero) is 1. The summed E-state index contributed by atoms with van der Waals surface area (Å²) in [6.07, 6.45) is 0.0475. The third-order valence-electron chi connectivity index (χ3n) is 3.57. The maximum Gasteiger partial charge on any atom is 0.196 e. The number of aliphatic hydroxyl groups excluding tert-OH is 1. The normalized spacial score (nSPS) is 16.3. The van der Waals surface area contributed by atoms with Crippen molar-refractivity contribution in [1.29, 1.82) is 0 Å². The van der Waals surface area contributed by atoms with E-state index in [-0.39, 0.29) is 29.5 Å². The Hall–Kier alpha value is -2.18. The Kier molecular flexibility index (Phi) is 4.08. The summed E-state index contributed by atoms with van der Waals surface area (Å²) < 4.78 is 0. The van der Waals surface area contributed by atoms with Crippen molar-refractivity contribution >= 4 is 11.6 Å². The van der Waals surface area contributed by atoms with Crippen LogP contribution < -0.4 is 0 Å². The number of carbonyl (C=O) groups excluding carboxylic acids is 2. The Balaban J connectivity index is 2.36. The highest BCUT2D eigenvalue weighted by atomic mass is 16.3. The monoisotopic (exact) mass is 306 g/mol. The predicted molar refractivity (Wildman–Crippen MR) is 78.1 cm³/mol. The van der Waals surface area contributed by atoms with Gasteiger partial charge in [0.2, 0.25) is 0 Å². The number of phenols is 2. The van der Waals surface area contributed by atoms with E-state index in [1.165, 1.54) is 0 Å². The molecule has 1 aromatic rings. The lowest BCUT2D eigenvalue weighted by atomic mass is 9.84. The fourth-order valence-corrected chi connectivity index (χ4v) is 2.38. The molecule has 0 bridgehead atoms. The van der Waals surface area contributed by atoms with E-state index in [1.807, 2.05) is 0 Å². The van der Waals surface area contributed by atoms with Gasteiger partial charge in [-0.1, -0.05) is 0 Å². The molecule has 4 N–H and O–H groups in total. The number of hydrogen-bond acceptors (Lipinski definition) is 6. The highest BCUT2D eigenvalue weighted by Crippen LogP contribution is 2.36. The summed E-state index contributed by atoms with van der Waals surface area (Å²) in [4.78, 5) is 24.4. The molecule has 0 unspecified atom stereocenters. The molecule has 1 aromatic carbocycles. The maximum atomic E-state index is 12.4. The lowest BCUT2D eigenvalue weighted by Crippen LogP contribution is -2.28. The van der Waals surface area contributed by atoms with E-state index in [4.69, 9.17) is 0 Å². The van der Waals surface area contributed by atoms with Crippen LogP contribution in [0.5, 0.6) is 11.5 Å². The van der Waals surface area contributed by atoms with Crippen LogP contribution in [0.4, 0.5) is 0 Å². The van der Waals surface area contributed by atoms with Crippen molar-refractivity contribution in [3.63, 3.8) is 0 Å². The van der Waals surface area contributed by atoms with Crippen LogP contribution in [0, 0.1) is 0 Å². The third-order valence-corrected chi connectivity index (χ3v) is 3.57. The molecule has 2 rings (SSSR count). The van der Waals surface area contributed by atoms with Crippen molar-refractivity contribution < 1.29 is 30.0 Å². The molecular weight excluding hydrogens is 288 g/mol. The van der Waals surface area contributed by atoms with Gasteiger partial charge in [0, 0.05) is 5.57 Å². The maximum absolute atomic E-state index is 12.4. The van der Waals surface area contributed by atoms with Gasteiger partial charge in [-0.25, -0.2) is 0 Å². The highest BCUT2D eigenvalue weighted by molar-refractivity contribution is 6.26. The molecule has 22 heavy (non-hydrogen) atoms. The van der Waals surface area contributed by atoms with E-state index < -0.39 is 34.8 Å². The van der Waals surface area contributed by atoms with Crippen LogP contribution >= 0.6 is 0 Å². The van der Waals surface area contributed by atoms with Crippen molar-refractivity contribution in [3.8, 4) is 11.5 Å². The van der Waals surface area contributed by atoms with Crippen molar-refractivity contribution in [2.24, 2.45) is 0 Å². The summed E-state index contributed by atoms with van der Waals surface area (Å²) in [6, 6.07) is 2.24. The largest absolute Gasteiger partial charge is 0.507 e. The Labute approximate surface area is 127 Å². The summed E-state index contributed by atoms with van der Waals surface area (Å²) in [6.45, 7) is 3.14. The topological polar surface area (TPSA) is 115 Å². The number of allylic oxidation sites excluding steroid dienone is 1. The van der Waals surface area contributed by atoms with Crippen molar-refractivity contribution in [3.05, 3.63) is 34.9 Å². The minimum Gasteiger partial charge on any atom is -0.507 e. The number of aromatic hydroxyl groups is 2. The average Bonchev–Trinajstić information content (AvgIpc) is 2.41. The van der Waals surface area contributed by atoms with Crippen LogP contribution in [0.1, 0.15) is 47.4 Å². The zero-order valence-electron chi connectivity index (χ0n) is 12.3. The minimum absolute atomic E-state index is 0.0866. The van der Waals surface area contributed by atoms with Gasteiger partial charge in [-0.2, -0.15) is 0 Å². The molecule has 0 saturated carbocycles. The summed E-state index contributed by atoms with van der Waals surface area (Å²) in [5.74, 6) is -2.18. The van der Waals surface area contributed by atoms with Crippen LogP contribution in [0.15, 0.2) is 23.8 Å². The number of benzene rings is 1. The Morgan fingerprint density at radius 3 is 2.18 bits per heavy atom. The zero-order valence-corrected chi connectivity index (χ0v) is 12.3. The van der Waals surface area contributed by atoms with E-state index in [0.29, 0.717) is 0 Å². The molecule has 0 aromatic heterocycles. The van der Waals surface area contributed by atoms with Gasteiger partial charge < -0.3 is 20.4 Å². The summed E-state index contributed by atoms with van der Waals surface area (Å²) >= 11 is 0. The van der Waals surface area contributed by atoms with Gasteiger partial charge in [0.05, 0.1) is 22.8 Å². The molecule has 6 nitrogen and oxygen atoms in total. The second kappa shape index (κ2) is 5.55. The first-order valence-corrected chi connectivity index (χ1v) is 6.88. The first kappa shape index (κ1) is 16.2. The van der Waals surface area contributed by atoms with E-state index >= 15 is 0 Å². The van der Waals surface area contributed by atoms with E-state index in [1.54, 1.807) is 13.8 Å². The lowest BCUT2D eigenvalue weighted by molar-refractivity contribution is 0.0531. The van der Waals surface area contributed by atoms with Crippen molar-refractivity contribution in [2.45, 2.75) is 38.4 Å². The molecule has 0 heterocycles. The van der Waals surface area contributed by atoms with E-state index in [9.17, 15) is 30.0 Å². The van der Waals surface area contributed by atoms with Crippen LogP contribution in [0.25, 0.3) is 0 Å². The first-order chi connectivity index (χ1) is 10.1. The van der Waals surface area contributed by atoms with Crippen molar-refractivity contribution in [1.82, 2.24) is 0 Å². The molecular formula is C16H18O6. The predicted octanol–water partition coefficient (Wildman–Crippen LogP) is 1.32. The Morgan fingerprint density at radius 1 is 1.09 bits per heavy atom. The fourth-order valence-electron chi connectivity index (χ4n) is 2.38. The number of hydrogen-bond donors (Lipinski definition) is 4. The van der Waals surface area contributed by atoms with Gasteiger partial charge >= 0.3 is 0 Å². The summed E-state index contributed by atoms with van der Waals surface area (Å²) in [5.41, 5.74) is -1.72. The van der Waals surface area contributed by atoms with Gasteiger partial charge in [0.25, 0.3) is 0 Å². The SMILES string of the molecule is CC(C)(O)CC[C@H](O)C1=CC(=O)c2c(O)ccc(O)c2C1=O. The molecule has 1 aliphatic carbocycles. The average molecular weight is 306 g/mol. The molecule has 6 heteroatoms. The van der Waals surface area contributed by atoms with Crippen LogP contribution in [0.2, 0.25) is 0 Å². The van der Waals surface area contributed by atoms with E-state index in [2.05, 4.69) is 0 Å². The summed E-state index contributed by atoms with van der Waals surface area (Å²) in [7, 11) is 0. The lowest BCUT2D eigenvalue weighted by Gasteiger charge is -2.23. The number of rotatable bonds is 4. The van der Waals surface area contributed by atoms with Crippen molar-refractivity contribution in [2.75, 3.05) is 0 Å². The highest BCUT2D eigenvalue weighted by Gasteiger charge is 2.34. The molecule has 1 atom stereocenters. The molecule has 0 radical (unpaired) electrons. The number of aliphatic hydroxyl groups is 2. The molecule has 0 spiro atoms. The van der Waals surface area contributed by atoms with Gasteiger partial charge in [0.1, 0.15) is 11.5 Å². The fraction of sp³-hybridized carbons (Fsp3) is 0.375. The second-order valence-corrected chi connectivity index (χ2v) is 6.01. The van der Waals surface area contributed by atoms with Gasteiger partial charge in [-0.15, -0.1) is 0 Å². The van der Waals surface area contributed by atoms with Crippen LogP contribution in [-0.2, 0) is 0 Å². The number of carbonyl (C=O) groups is 2. The molecule has 0 aliphatic heterocycles. The van der Waals surface area contributed by atoms with Crippen LogP contribution in [-0.4, -0.2) is 43.7 Å². The van der Waals surface area contributed by atoms with Gasteiger partial charge in [-0.3, -0.25) is 9.59 Å². The molecule has 0 fully saturated rings. The molecule has 118 valence electrons. The minimum atomic E-state index is -1.24. The Morgan fingerprint density at radius 2 is 1.64 bits per heavy atom. The Bertz CT molecular complexity index is 666. The number of ketones is 2. The molecule has 0 amide bonds. The number of phenolic OH excluding ortho intramolecular Hbond substituents is 2. The zero-order chi connectivity index (χ0) is 16.7. The third kappa shape index (κ3) is 3.03. The standard InChI is InChI=1S/C16H18O6/c1-16(2,22)6-5-9(17)8-7-12(20)13-10(18)3-4-11(19)14(13)15(8)21/h3-4,7,9,17-19,22H,5-6H2,1-2H3/t9-/m0/s1. The van der Waals surface area contributed by atoms with E-state index in [0.717, 1.165) is 18.2 Å². The molecule has 1 aliphatic rings. The number of fused-ring (bicyclic) bond motifs is 1. The molecule has 0 saturated heterocycles. The van der Waals surface area contributed by atoms with Gasteiger partial charge in [-0.05, 0) is 44.9 Å². The first-order valence-electron chi connectivity index (χ1n) is 6.88.